The first-order valence-corrected chi connectivity index (χ1v) is 11.9. The van der Waals surface area contributed by atoms with E-state index in [9.17, 15) is 23.6 Å². The second-order valence-corrected chi connectivity index (χ2v) is 9.08. The lowest BCUT2D eigenvalue weighted by Crippen LogP contribution is -2.45. The molecule has 0 radical (unpaired) electrons. The minimum atomic E-state index is -0.895. The average Bonchev–Trinajstić information content (AvgIpc) is 3.17. The van der Waals surface area contributed by atoms with Crippen LogP contribution in [0.1, 0.15) is 48.1 Å². The fourth-order valence-electron chi connectivity index (χ4n) is 4.72. The number of fused-ring (bicyclic) bond motifs is 2. The highest BCUT2D eigenvalue weighted by Gasteiger charge is 2.31. The van der Waals surface area contributed by atoms with Gasteiger partial charge in [0.25, 0.3) is 0 Å². The van der Waals surface area contributed by atoms with Crippen molar-refractivity contribution in [2.75, 3.05) is 18.9 Å². The zero-order valence-electron chi connectivity index (χ0n) is 20.3. The minimum Gasteiger partial charge on any atom is -0.441 e. The van der Waals surface area contributed by atoms with Crippen LogP contribution in [0.4, 0.5) is 19.7 Å². The molecule has 2 aromatic carbocycles. The van der Waals surface area contributed by atoms with E-state index < -0.39 is 18.7 Å². The van der Waals surface area contributed by atoms with E-state index in [0.717, 1.165) is 27.2 Å². The number of amides is 5. The lowest BCUT2D eigenvalue weighted by atomic mass is 10.0. The molecule has 0 aromatic heterocycles. The number of hydrogen-bond acceptors (Lipinski definition) is 5. The van der Waals surface area contributed by atoms with Crippen molar-refractivity contribution in [1.29, 1.82) is 0 Å². The van der Waals surface area contributed by atoms with Crippen LogP contribution in [0, 0.1) is 5.82 Å². The first-order valence-electron chi connectivity index (χ1n) is 11.9. The Hall–Kier alpha value is -3.95. The first kappa shape index (κ1) is 25.2. The summed E-state index contributed by atoms with van der Waals surface area (Å²) in [5, 5.41) is 5.18. The van der Waals surface area contributed by atoms with Gasteiger partial charge in [-0.1, -0.05) is 12.1 Å². The molecule has 2 aliphatic rings. The summed E-state index contributed by atoms with van der Waals surface area (Å²) in [4.78, 5) is 51.5. The average molecular weight is 497 g/mol. The van der Waals surface area contributed by atoms with Gasteiger partial charge in [0.2, 0.25) is 12.3 Å². The Morgan fingerprint density at radius 2 is 1.89 bits per heavy atom. The van der Waals surface area contributed by atoms with Crippen molar-refractivity contribution in [3.8, 4) is 0 Å². The van der Waals surface area contributed by atoms with Crippen LogP contribution in [0.15, 0.2) is 36.4 Å². The lowest BCUT2D eigenvalue weighted by molar-refractivity contribution is -0.137. The van der Waals surface area contributed by atoms with Gasteiger partial charge in [0, 0.05) is 25.3 Å². The van der Waals surface area contributed by atoms with E-state index in [1.54, 1.807) is 23.1 Å². The Balaban J connectivity index is 1.40. The molecule has 9 nitrogen and oxygen atoms in total. The maximum Gasteiger partial charge on any atom is 0.417 e. The van der Waals surface area contributed by atoms with Crippen molar-refractivity contribution in [3.63, 3.8) is 0 Å². The molecular weight excluding hydrogens is 467 g/mol. The van der Waals surface area contributed by atoms with Gasteiger partial charge in [-0.3, -0.25) is 9.59 Å². The number of nitrogens with zero attached hydrogens (tertiary/aromatic N) is 2. The van der Waals surface area contributed by atoms with Crippen molar-refractivity contribution in [3.05, 3.63) is 64.5 Å². The topological polar surface area (TPSA) is 108 Å². The maximum absolute atomic E-state index is 13.6. The molecule has 1 aliphatic carbocycles. The fourth-order valence-corrected chi connectivity index (χ4v) is 4.72. The number of carbonyl (C=O) groups is 4. The Morgan fingerprint density at radius 1 is 1.11 bits per heavy atom. The van der Waals surface area contributed by atoms with E-state index in [2.05, 4.69) is 10.6 Å². The highest BCUT2D eigenvalue weighted by atomic mass is 19.1. The van der Waals surface area contributed by atoms with Gasteiger partial charge >= 0.3 is 12.1 Å². The summed E-state index contributed by atoms with van der Waals surface area (Å²) in [5.41, 5.74) is 4.06. The van der Waals surface area contributed by atoms with E-state index >= 15 is 0 Å². The van der Waals surface area contributed by atoms with E-state index in [1.165, 1.54) is 19.2 Å². The molecule has 190 valence electrons. The molecule has 5 amide bonds. The number of carbonyl (C=O) groups excluding carboxylic acids is 4. The smallest absolute Gasteiger partial charge is 0.417 e. The van der Waals surface area contributed by atoms with Crippen LogP contribution >= 0.6 is 0 Å². The molecule has 10 heteroatoms. The predicted octanol–water partition coefficient (Wildman–Crippen LogP) is 3.52. The third kappa shape index (κ3) is 5.48. The van der Waals surface area contributed by atoms with Gasteiger partial charge in [0.05, 0.1) is 0 Å². The maximum atomic E-state index is 13.6. The molecule has 1 unspecified atom stereocenters. The predicted molar refractivity (Wildman–Crippen MR) is 130 cm³/mol. The summed E-state index contributed by atoms with van der Waals surface area (Å²) < 4.78 is 19.2. The van der Waals surface area contributed by atoms with Crippen LogP contribution in [0.5, 0.6) is 0 Å². The molecule has 1 heterocycles. The summed E-state index contributed by atoms with van der Waals surface area (Å²) in [5.74, 6) is -0.705. The van der Waals surface area contributed by atoms with Crippen LogP contribution in [-0.4, -0.2) is 53.9 Å². The van der Waals surface area contributed by atoms with E-state index in [-0.39, 0.29) is 30.3 Å². The van der Waals surface area contributed by atoms with Gasteiger partial charge in [-0.25, -0.2) is 18.9 Å². The van der Waals surface area contributed by atoms with Crippen molar-refractivity contribution in [2.24, 2.45) is 0 Å². The molecule has 1 aliphatic heterocycles. The molecular formula is C26H29FN4O5. The van der Waals surface area contributed by atoms with E-state index in [4.69, 9.17) is 4.74 Å². The molecule has 2 atom stereocenters. The molecule has 0 saturated carbocycles. The zero-order chi connectivity index (χ0) is 25.8. The number of rotatable bonds is 5. The highest BCUT2D eigenvalue weighted by Crippen LogP contribution is 2.36. The molecule has 0 fully saturated rings. The summed E-state index contributed by atoms with van der Waals surface area (Å²) in [6.45, 7) is 1.73. The molecule has 36 heavy (non-hydrogen) atoms. The molecule has 0 saturated heterocycles. The normalized spacial score (nSPS) is 18.4. The second kappa shape index (κ2) is 10.8. The van der Waals surface area contributed by atoms with Crippen molar-refractivity contribution in [1.82, 2.24) is 15.1 Å². The Kier molecular flexibility index (Phi) is 7.52. The fraction of sp³-hybridized carbons (Fsp3) is 0.385. The molecule has 2 N–H and O–H groups in total. The van der Waals surface area contributed by atoms with Crippen molar-refractivity contribution >= 4 is 30.1 Å². The number of ether oxygens (including phenoxy) is 1. The van der Waals surface area contributed by atoms with Crippen molar-refractivity contribution in [2.45, 2.75) is 51.3 Å². The lowest BCUT2D eigenvalue weighted by Gasteiger charge is -2.29. The van der Waals surface area contributed by atoms with E-state index in [0.29, 0.717) is 37.8 Å². The zero-order valence-corrected chi connectivity index (χ0v) is 20.3. The van der Waals surface area contributed by atoms with Crippen molar-refractivity contribution < 1.29 is 28.3 Å². The number of halogens is 1. The number of benzene rings is 2. The summed E-state index contributed by atoms with van der Waals surface area (Å²) in [6, 6.07) is 9.36. The number of anilines is 1. The van der Waals surface area contributed by atoms with Crippen LogP contribution < -0.4 is 10.6 Å². The molecule has 2 aromatic rings. The SMILES string of the molecule is CNC(=O)Nc1ccc2c(c1)CCC2OC(=O)N(C=O)CC(=O)N1Cc2ccc(F)cc2CC[C@H]1C. The van der Waals surface area contributed by atoms with Crippen LogP contribution in [0.2, 0.25) is 0 Å². The van der Waals surface area contributed by atoms with Gasteiger partial charge in [-0.2, -0.15) is 0 Å². The Bertz CT molecular complexity index is 1190. The van der Waals surface area contributed by atoms with Gasteiger partial charge in [-0.15, -0.1) is 0 Å². The summed E-state index contributed by atoms with van der Waals surface area (Å²) in [6.07, 6.45) is 1.30. The first-order chi connectivity index (χ1) is 17.3. The minimum absolute atomic E-state index is 0.142. The molecule has 0 spiro atoms. The number of imide groups is 1. The standard InChI is InChI=1S/C26H29FN4O5/c1-16-3-4-17-11-20(27)7-5-19(17)13-31(16)24(33)14-30(15-32)26(35)36-23-10-6-18-12-21(8-9-22(18)23)29-25(34)28-2/h5,7-9,11-12,15-16,23H,3-4,6,10,13-14H2,1-2H3,(H2,28,29,34)/t16-,23?/m1/s1. The second-order valence-electron chi connectivity index (χ2n) is 9.08. The molecule has 0 bridgehead atoms. The third-order valence-corrected chi connectivity index (χ3v) is 6.75. The number of urea groups is 1. The van der Waals surface area contributed by atoms with Gasteiger partial charge in [-0.05, 0) is 79.1 Å². The largest absolute Gasteiger partial charge is 0.441 e. The van der Waals surface area contributed by atoms with Gasteiger partial charge < -0.3 is 20.3 Å². The van der Waals surface area contributed by atoms with Crippen LogP contribution in [0.3, 0.4) is 0 Å². The molecule has 4 rings (SSSR count). The van der Waals surface area contributed by atoms with Crippen LogP contribution in [0.25, 0.3) is 0 Å². The summed E-state index contributed by atoms with van der Waals surface area (Å²) in [7, 11) is 1.52. The Labute approximate surface area is 208 Å². The number of nitrogens with one attached hydrogen (secondary N) is 2. The number of aryl methyl sites for hydroxylation is 2. The van der Waals surface area contributed by atoms with Crippen LogP contribution in [-0.2, 0) is 33.7 Å². The third-order valence-electron chi connectivity index (χ3n) is 6.75. The van der Waals surface area contributed by atoms with Gasteiger partial charge in [0.1, 0.15) is 18.5 Å². The quantitative estimate of drug-likeness (QED) is 0.616. The number of hydrogen-bond donors (Lipinski definition) is 2. The summed E-state index contributed by atoms with van der Waals surface area (Å²) >= 11 is 0. The monoisotopic (exact) mass is 496 g/mol. The Morgan fingerprint density at radius 3 is 2.64 bits per heavy atom. The van der Waals surface area contributed by atoms with Gasteiger partial charge in [0.15, 0.2) is 0 Å². The highest BCUT2D eigenvalue weighted by molar-refractivity contribution is 5.90. The van der Waals surface area contributed by atoms with E-state index in [1.807, 2.05) is 13.0 Å².